The number of hydrogen-bond acceptors (Lipinski definition) is 5. The van der Waals surface area contributed by atoms with Gasteiger partial charge in [-0.15, -0.1) is 0 Å². The van der Waals surface area contributed by atoms with Crippen LogP contribution in [-0.4, -0.2) is 38.3 Å². The summed E-state index contributed by atoms with van der Waals surface area (Å²) in [6, 6.07) is 0. The van der Waals surface area contributed by atoms with Gasteiger partial charge in [0.15, 0.2) is 5.65 Å². The Bertz CT molecular complexity index is 677. The maximum absolute atomic E-state index is 11.2. The van der Waals surface area contributed by atoms with E-state index in [1.54, 1.807) is 18.7 Å². The highest BCUT2D eigenvalue weighted by molar-refractivity contribution is 6.05. The number of carboxylic acids is 1. The number of primary amides is 1. The quantitative estimate of drug-likeness (QED) is 0.706. The van der Waals surface area contributed by atoms with Gasteiger partial charge in [0.25, 0.3) is 0 Å². The molecule has 0 radical (unpaired) electrons. The van der Waals surface area contributed by atoms with Crippen LogP contribution in [0, 0.1) is 6.92 Å². The summed E-state index contributed by atoms with van der Waals surface area (Å²) in [5.74, 6) is -1.72. The highest BCUT2D eigenvalue weighted by Crippen LogP contribution is 2.28. The first-order valence-electron chi connectivity index (χ1n) is 5.49. The average molecular weight is 263 g/mol. The third-order valence-corrected chi connectivity index (χ3v) is 2.70. The lowest BCUT2D eigenvalue weighted by atomic mass is 10.1. The van der Waals surface area contributed by atoms with Crippen LogP contribution in [-0.2, 0) is 11.8 Å². The monoisotopic (exact) mass is 263 g/mol. The van der Waals surface area contributed by atoms with Gasteiger partial charge in [-0.05, 0) is 6.92 Å². The van der Waals surface area contributed by atoms with Gasteiger partial charge < -0.3 is 16.2 Å². The van der Waals surface area contributed by atoms with E-state index >= 15 is 0 Å². The van der Waals surface area contributed by atoms with Crippen molar-refractivity contribution in [3.8, 4) is 0 Å². The number of amides is 1. The molecule has 2 heterocycles. The number of carbonyl (C=O) groups is 2. The molecule has 19 heavy (non-hydrogen) atoms. The molecule has 0 unspecified atom stereocenters. The molecule has 0 atom stereocenters. The largest absolute Gasteiger partial charge is 0.478 e. The Hall–Kier alpha value is -2.64. The molecule has 2 aromatic rings. The lowest BCUT2D eigenvalue weighted by Gasteiger charge is -2.09. The highest BCUT2D eigenvalue weighted by Gasteiger charge is 2.19. The maximum Gasteiger partial charge on any atom is 0.339 e. The van der Waals surface area contributed by atoms with Crippen molar-refractivity contribution in [2.45, 2.75) is 6.92 Å². The third kappa shape index (κ3) is 2.19. The summed E-state index contributed by atoms with van der Waals surface area (Å²) in [5, 5.41) is 16.7. The number of carboxylic acid groups (broad SMARTS) is 1. The van der Waals surface area contributed by atoms with E-state index in [9.17, 15) is 9.59 Å². The Balaban J connectivity index is 2.68. The maximum atomic E-state index is 11.2. The second-order valence-electron chi connectivity index (χ2n) is 4.08. The minimum atomic E-state index is -1.13. The van der Waals surface area contributed by atoms with Gasteiger partial charge in [0.1, 0.15) is 5.56 Å². The Kier molecular flexibility index (Phi) is 3.07. The van der Waals surface area contributed by atoms with Crippen molar-refractivity contribution in [3.63, 3.8) is 0 Å². The van der Waals surface area contributed by atoms with Crippen LogP contribution in [0.1, 0.15) is 16.1 Å². The first-order valence-corrected chi connectivity index (χ1v) is 5.49. The van der Waals surface area contributed by atoms with Crippen LogP contribution < -0.4 is 11.1 Å². The number of nitrogens with two attached hydrogens (primary N) is 1. The number of carbonyl (C=O) groups excluding carboxylic acids is 1. The molecule has 0 aliphatic heterocycles. The fourth-order valence-corrected chi connectivity index (χ4v) is 1.93. The minimum Gasteiger partial charge on any atom is -0.478 e. The molecule has 0 bridgehead atoms. The molecule has 0 spiro atoms. The van der Waals surface area contributed by atoms with Crippen LogP contribution in [0.5, 0.6) is 0 Å². The highest BCUT2D eigenvalue weighted by atomic mass is 16.4. The molecular formula is C11H13N5O3. The smallest absolute Gasteiger partial charge is 0.339 e. The van der Waals surface area contributed by atoms with Gasteiger partial charge in [-0.1, -0.05) is 0 Å². The van der Waals surface area contributed by atoms with Crippen molar-refractivity contribution in [2.75, 3.05) is 11.9 Å². The van der Waals surface area contributed by atoms with Crippen molar-refractivity contribution >= 4 is 28.6 Å². The summed E-state index contributed by atoms with van der Waals surface area (Å²) in [7, 11) is 1.71. The second-order valence-corrected chi connectivity index (χ2v) is 4.08. The standard InChI is InChI=1S/C11H13N5O3/c1-5-8-9(13-4-7(12)17)6(11(18)19)3-14-10(8)16(2)15-5/h3H,4H2,1-2H3,(H2,12,17)(H,13,14)(H,18,19). The number of rotatable bonds is 4. The van der Waals surface area contributed by atoms with Crippen LogP contribution in [0.15, 0.2) is 6.20 Å². The molecule has 0 aromatic carbocycles. The lowest BCUT2D eigenvalue weighted by molar-refractivity contribution is -0.116. The molecule has 4 N–H and O–H groups in total. The second kappa shape index (κ2) is 4.56. The summed E-state index contributed by atoms with van der Waals surface area (Å²) in [5.41, 5.74) is 6.51. The van der Waals surface area contributed by atoms with Crippen LogP contribution in [0.4, 0.5) is 5.69 Å². The van der Waals surface area contributed by atoms with Crippen molar-refractivity contribution in [1.29, 1.82) is 0 Å². The first kappa shape index (κ1) is 12.8. The Morgan fingerprint density at radius 3 is 2.79 bits per heavy atom. The number of aromatic nitrogens is 3. The van der Waals surface area contributed by atoms with E-state index in [1.807, 2.05) is 0 Å². The number of anilines is 1. The Morgan fingerprint density at radius 1 is 1.53 bits per heavy atom. The normalized spacial score (nSPS) is 10.6. The Morgan fingerprint density at radius 2 is 2.21 bits per heavy atom. The fourth-order valence-electron chi connectivity index (χ4n) is 1.93. The van der Waals surface area contributed by atoms with Gasteiger partial charge >= 0.3 is 5.97 Å². The molecule has 2 aromatic heterocycles. The van der Waals surface area contributed by atoms with Gasteiger partial charge in [-0.2, -0.15) is 5.10 Å². The average Bonchev–Trinajstić information content (AvgIpc) is 2.62. The van der Waals surface area contributed by atoms with Gasteiger partial charge in [0.2, 0.25) is 5.91 Å². The summed E-state index contributed by atoms with van der Waals surface area (Å²) in [6.45, 7) is 1.58. The molecule has 0 saturated carbocycles. The summed E-state index contributed by atoms with van der Waals surface area (Å²) in [6.07, 6.45) is 1.23. The van der Waals surface area contributed by atoms with Crippen LogP contribution >= 0.6 is 0 Å². The van der Waals surface area contributed by atoms with Crippen molar-refractivity contribution < 1.29 is 14.7 Å². The molecule has 0 aliphatic rings. The zero-order valence-corrected chi connectivity index (χ0v) is 10.5. The molecule has 100 valence electrons. The van der Waals surface area contributed by atoms with E-state index < -0.39 is 11.9 Å². The first-order chi connectivity index (χ1) is 8.91. The molecule has 8 nitrogen and oxygen atoms in total. The number of hydrogen-bond donors (Lipinski definition) is 3. The molecule has 2 rings (SSSR count). The summed E-state index contributed by atoms with van der Waals surface area (Å²) < 4.78 is 1.55. The number of nitrogens with zero attached hydrogens (tertiary/aromatic N) is 3. The van der Waals surface area contributed by atoms with E-state index in [0.717, 1.165) is 0 Å². The fraction of sp³-hybridized carbons (Fsp3) is 0.273. The molecule has 0 aliphatic carbocycles. The molecular weight excluding hydrogens is 250 g/mol. The SMILES string of the molecule is Cc1nn(C)c2ncc(C(=O)O)c(NCC(N)=O)c12. The summed E-state index contributed by atoms with van der Waals surface area (Å²) >= 11 is 0. The minimum absolute atomic E-state index is 0.0233. The number of aromatic carboxylic acids is 1. The van der Waals surface area contributed by atoms with Crippen LogP contribution in [0.2, 0.25) is 0 Å². The molecule has 8 heteroatoms. The molecule has 0 saturated heterocycles. The van der Waals surface area contributed by atoms with Crippen LogP contribution in [0.3, 0.4) is 0 Å². The lowest BCUT2D eigenvalue weighted by Crippen LogP contribution is -2.23. The van der Waals surface area contributed by atoms with Crippen molar-refractivity contribution in [2.24, 2.45) is 12.8 Å². The Labute approximate surface area is 108 Å². The van der Waals surface area contributed by atoms with Gasteiger partial charge in [0, 0.05) is 13.2 Å². The van der Waals surface area contributed by atoms with E-state index in [0.29, 0.717) is 22.4 Å². The van der Waals surface area contributed by atoms with Crippen LogP contribution in [0.25, 0.3) is 11.0 Å². The van der Waals surface area contributed by atoms with Gasteiger partial charge in [0.05, 0.1) is 23.3 Å². The summed E-state index contributed by atoms with van der Waals surface area (Å²) in [4.78, 5) is 26.1. The number of nitrogens with one attached hydrogen (secondary N) is 1. The molecule has 0 fully saturated rings. The topological polar surface area (TPSA) is 123 Å². The van der Waals surface area contributed by atoms with E-state index in [4.69, 9.17) is 10.8 Å². The predicted octanol–water partition coefficient (Wildman–Crippen LogP) is -0.128. The van der Waals surface area contributed by atoms with Crippen molar-refractivity contribution in [1.82, 2.24) is 14.8 Å². The third-order valence-electron chi connectivity index (χ3n) is 2.70. The van der Waals surface area contributed by atoms with E-state index in [1.165, 1.54) is 6.20 Å². The predicted molar refractivity (Wildman–Crippen MR) is 67.9 cm³/mol. The van der Waals surface area contributed by atoms with E-state index in [-0.39, 0.29) is 12.1 Å². The molecule has 1 amide bonds. The number of fused-ring (bicyclic) bond motifs is 1. The van der Waals surface area contributed by atoms with Crippen molar-refractivity contribution in [3.05, 3.63) is 17.5 Å². The van der Waals surface area contributed by atoms with Gasteiger partial charge in [-0.25, -0.2) is 9.78 Å². The zero-order chi connectivity index (χ0) is 14.2. The zero-order valence-electron chi connectivity index (χ0n) is 10.5. The number of pyridine rings is 1. The van der Waals surface area contributed by atoms with E-state index in [2.05, 4.69) is 15.4 Å². The van der Waals surface area contributed by atoms with Gasteiger partial charge in [-0.3, -0.25) is 9.48 Å². The number of aryl methyl sites for hydroxylation is 2.